The van der Waals surface area contributed by atoms with Gasteiger partial charge in [0.2, 0.25) is 0 Å². The molecule has 0 bridgehead atoms. The highest BCUT2D eigenvalue weighted by Gasteiger charge is 2.39. The summed E-state index contributed by atoms with van der Waals surface area (Å²) in [5.74, 6) is -1.05. The van der Waals surface area contributed by atoms with Gasteiger partial charge in [0.05, 0.1) is 29.4 Å². The Balaban J connectivity index is 2.11. The van der Waals surface area contributed by atoms with Crippen molar-refractivity contribution in [2.45, 2.75) is 36.3 Å². The second-order valence-electron chi connectivity index (χ2n) is 6.79. The molecule has 1 N–H and O–H groups in total. The quantitative estimate of drug-likeness (QED) is 0.454. The number of thioether (sulfide) groups is 1. The maximum atomic E-state index is 13.3. The molecule has 0 spiro atoms. The second-order valence-corrected chi connectivity index (χ2v) is 9.87. The summed E-state index contributed by atoms with van der Waals surface area (Å²) in [4.78, 5) is 30.9. The largest absolute Gasteiger partial charge is 0.299 e. The summed E-state index contributed by atoms with van der Waals surface area (Å²) in [6, 6.07) is 3.01. The van der Waals surface area contributed by atoms with Gasteiger partial charge in [0, 0.05) is 22.8 Å². The van der Waals surface area contributed by atoms with Crippen molar-refractivity contribution >= 4 is 38.9 Å². The van der Waals surface area contributed by atoms with Crippen LogP contribution in [0.5, 0.6) is 0 Å². The zero-order valence-electron chi connectivity index (χ0n) is 15.6. The Labute approximate surface area is 163 Å². The normalized spacial score (nSPS) is 24.1. The summed E-state index contributed by atoms with van der Waals surface area (Å²) < 4.78 is 24.9. The molecule has 1 aliphatic heterocycles. The van der Waals surface area contributed by atoms with Crippen LogP contribution in [-0.2, 0) is 19.5 Å². The summed E-state index contributed by atoms with van der Waals surface area (Å²) in [6.45, 7) is 1.72. The van der Waals surface area contributed by atoms with E-state index < -0.39 is 15.8 Å². The van der Waals surface area contributed by atoms with Crippen LogP contribution in [0.1, 0.15) is 40.7 Å². The number of carbonyl (C=O) groups excluding carboxylic acids is 2. The molecule has 0 amide bonds. The molecule has 1 saturated carbocycles. The molecule has 1 aliphatic carbocycles. The zero-order chi connectivity index (χ0) is 19.8. The van der Waals surface area contributed by atoms with E-state index in [1.165, 1.54) is 13.2 Å². The highest BCUT2D eigenvalue weighted by atomic mass is 32.2. The summed E-state index contributed by atoms with van der Waals surface area (Å²) in [7, 11) is -2.02. The third-order valence-corrected chi connectivity index (χ3v) is 7.96. The highest BCUT2D eigenvalue weighted by molar-refractivity contribution is 7.99. The molecule has 1 aromatic rings. The molecule has 8 heteroatoms. The molecule has 146 valence electrons. The highest BCUT2D eigenvalue weighted by Crippen LogP contribution is 2.36. The van der Waals surface area contributed by atoms with E-state index in [0.29, 0.717) is 28.8 Å². The van der Waals surface area contributed by atoms with Gasteiger partial charge in [0.25, 0.3) is 0 Å². The molecular formula is C19H23NO5S2. The Morgan fingerprint density at radius 2 is 2.07 bits per heavy atom. The number of fused-ring (bicyclic) bond motifs is 1. The van der Waals surface area contributed by atoms with Crippen LogP contribution >= 0.6 is 11.8 Å². The van der Waals surface area contributed by atoms with Gasteiger partial charge in [0.15, 0.2) is 15.6 Å². The molecule has 3 rings (SSSR count). The average Bonchev–Trinajstić information content (AvgIpc) is 2.63. The van der Waals surface area contributed by atoms with Gasteiger partial charge in [0.1, 0.15) is 5.78 Å². The molecule has 6 nitrogen and oxygen atoms in total. The van der Waals surface area contributed by atoms with E-state index in [1.807, 2.05) is 6.26 Å². The molecule has 0 aromatic heterocycles. The minimum atomic E-state index is -3.46. The number of Topliss-reactive ketones (excluding diaryl/α,β-unsaturated/α-hetero) is 2. The van der Waals surface area contributed by atoms with Gasteiger partial charge in [-0.3, -0.25) is 19.9 Å². The number of carbonyl (C=O) groups is 2. The van der Waals surface area contributed by atoms with Crippen molar-refractivity contribution < 1.29 is 22.8 Å². The number of ketones is 2. The van der Waals surface area contributed by atoms with Crippen LogP contribution in [0.15, 0.2) is 23.1 Å². The molecule has 0 saturated heterocycles. The summed E-state index contributed by atoms with van der Waals surface area (Å²) in [6.07, 6.45) is 5.51. The van der Waals surface area contributed by atoms with Crippen molar-refractivity contribution in [3.05, 3.63) is 34.9 Å². The van der Waals surface area contributed by atoms with Crippen LogP contribution in [0.2, 0.25) is 0 Å². The predicted molar refractivity (Wildman–Crippen MR) is 105 cm³/mol. The van der Waals surface area contributed by atoms with Crippen LogP contribution in [0, 0.1) is 12.8 Å². The number of hydrogen-bond donors (Lipinski definition) is 1. The van der Waals surface area contributed by atoms with Gasteiger partial charge < -0.3 is 0 Å². The number of nitrogens with one attached hydrogen (secondary N) is 1. The van der Waals surface area contributed by atoms with E-state index in [4.69, 9.17) is 4.84 Å². The lowest BCUT2D eigenvalue weighted by Gasteiger charge is -2.29. The first-order valence-electron chi connectivity index (χ1n) is 8.77. The maximum Gasteiger partial charge on any atom is 0.182 e. The van der Waals surface area contributed by atoms with Crippen molar-refractivity contribution in [2.24, 2.45) is 5.92 Å². The predicted octanol–water partition coefficient (Wildman–Crippen LogP) is 2.56. The fraction of sp³-hybridized carbons (Fsp3) is 0.474. The van der Waals surface area contributed by atoms with Gasteiger partial charge in [-0.1, -0.05) is 0 Å². The van der Waals surface area contributed by atoms with E-state index in [2.05, 4.69) is 5.48 Å². The van der Waals surface area contributed by atoms with Gasteiger partial charge in [-0.05, 0) is 49.8 Å². The lowest BCUT2D eigenvalue weighted by Crippen LogP contribution is -2.37. The molecule has 1 fully saturated rings. The van der Waals surface area contributed by atoms with Crippen molar-refractivity contribution in [2.75, 3.05) is 19.1 Å². The van der Waals surface area contributed by atoms with Crippen LogP contribution in [0.4, 0.5) is 0 Å². The molecule has 1 heterocycles. The van der Waals surface area contributed by atoms with Gasteiger partial charge in [-0.25, -0.2) is 8.42 Å². The first-order valence-corrected chi connectivity index (χ1v) is 11.7. The number of hydroxylamine groups is 1. The van der Waals surface area contributed by atoms with E-state index in [9.17, 15) is 18.0 Å². The molecule has 27 heavy (non-hydrogen) atoms. The Morgan fingerprint density at radius 1 is 1.33 bits per heavy atom. The van der Waals surface area contributed by atoms with Gasteiger partial charge >= 0.3 is 0 Å². The molecule has 2 aliphatic rings. The Bertz CT molecular complexity index is 920. The first-order chi connectivity index (χ1) is 12.8. The third kappa shape index (κ3) is 3.58. The van der Waals surface area contributed by atoms with Crippen molar-refractivity contribution in [3.63, 3.8) is 0 Å². The topological polar surface area (TPSA) is 89.5 Å². The van der Waals surface area contributed by atoms with Crippen LogP contribution in [0.25, 0.3) is 5.70 Å². The van der Waals surface area contributed by atoms with Crippen molar-refractivity contribution in [3.8, 4) is 0 Å². The minimum absolute atomic E-state index is 0.0267. The van der Waals surface area contributed by atoms with Crippen molar-refractivity contribution in [1.29, 1.82) is 0 Å². The number of rotatable bonds is 5. The van der Waals surface area contributed by atoms with Crippen molar-refractivity contribution in [1.82, 2.24) is 5.48 Å². The van der Waals surface area contributed by atoms with E-state index in [1.54, 1.807) is 30.8 Å². The average molecular weight is 410 g/mol. The van der Waals surface area contributed by atoms with Crippen LogP contribution in [0.3, 0.4) is 0 Å². The van der Waals surface area contributed by atoms with Crippen LogP contribution < -0.4 is 5.48 Å². The first kappa shape index (κ1) is 20.1. The summed E-state index contributed by atoms with van der Waals surface area (Å²) >= 11 is 1.54. The van der Waals surface area contributed by atoms with E-state index >= 15 is 0 Å². The number of sulfone groups is 1. The maximum absolute atomic E-state index is 13.3. The summed E-state index contributed by atoms with van der Waals surface area (Å²) in [5.41, 5.74) is 4.62. The lowest BCUT2D eigenvalue weighted by molar-refractivity contribution is -0.122. The van der Waals surface area contributed by atoms with Crippen LogP contribution in [-0.4, -0.2) is 44.4 Å². The zero-order valence-corrected chi connectivity index (χ0v) is 17.2. The third-order valence-electron chi connectivity index (χ3n) is 5.23. The summed E-state index contributed by atoms with van der Waals surface area (Å²) in [5, 5.41) is -0.0370. The molecular weight excluding hydrogens is 386 g/mol. The monoisotopic (exact) mass is 409 g/mol. The number of hydrogen-bond acceptors (Lipinski definition) is 7. The van der Waals surface area contributed by atoms with Gasteiger partial charge in [-0.2, -0.15) is 11.8 Å². The van der Waals surface area contributed by atoms with E-state index in [-0.39, 0.29) is 27.5 Å². The number of benzene rings is 1. The molecule has 1 aromatic carbocycles. The SMILES string of the molecule is CONC1=CCS(=O)(=O)c2ccc(C(=O)C3C(=O)CCCC3SC)c(C)c21. The molecule has 0 radical (unpaired) electrons. The Morgan fingerprint density at radius 3 is 2.74 bits per heavy atom. The van der Waals surface area contributed by atoms with Gasteiger partial charge in [-0.15, -0.1) is 0 Å². The fourth-order valence-electron chi connectivity index (χ4n) is 3.88. The lowest BCUT2D eigenvalue weighted by atomic mass is 9.80. The minimum Gasteiger partial charge on any atom is -0.299 e. The second kappa shape index (κ2) is 7.77. The molecule has 2 unspecified atom stereocenters. The Kier molecular flexibility index (Phi) is 5.79. The Hall–Kier alpha value is -1.64. The smallest absolute Gasteiger partial charge is 0.182 e. The van der Waals surface area contributed by atoms with E-state index in [0.717, 1.165) is 12.8 Å². The standard InChI is InChI=1S/C19H23NO5S2/c1-11-12(19(22)18-14(21)5-4-6-15(18)26-3)7-8-16-17(11)13(20-25-2)9-10-27(16,23)24/h7-9,15,18,20H,4-6,10H2,1-3H3. The molecule has 2 atom stereocenters. The fourth-order valence-corrected chi connectivity index (χ4v) is 6.24.